The molecule has 13 nitrogen and oxygen atoms in total. The molecule has 4 N–H and O–H groups in total. The summed E-state index contributed by atoms with van der Waals surface area (Å²) in [6, 6.07) is 0.844. The zero-order valence-electron chi connectivity index (χ0n) is 18.9. The van der Waals surface area contributed by atoms with Gasteiger partial charge in [0.05, 0.1) is 12.7 Å². The van der Waals surface area contributed by atoms with Crippen molar-refractivity contribution >= 4 is 51.9 Å². The van der Waals surface area contributed by atoms with Gasteiger partial charge in [0.1, 0.15) is 30.0 Å². The molecule has 0 radical (unpaired) electrons. The standard InChI is InChI=1S/C20H21N7O6S2/c1-9-6-26(5-4-11(9)32-2)7-10-8-34-18-13(17(29)27(18)14(10)19(30)31)22-16(28)12(24-33-3)15-23-20(21)35-25-15/h4-6,13,18H,7-8H2,1-3H3,(H3-,21,22,23,25,28,30,31)/p+1/t13?,18-/m1/s1. The Labute approximate surface area is 207 Å². The van der Waals surface area contributed by atoms with E-state index in [9.17, 15) is 19.5 Å². The van der Waals surface area contributed by atoms with Gasteiger partial charge in [0.2, 0.25) is 11.5 Å². The summed E-state index contributed by atoms with van der Waals surface area (Å²) in [5.41, 5.74) is 6.73. The molecule has 2 aromatic heterocycles. The highest BCUT2D eigenvalue weighted by molar-refractivity contribution is 8.00. The molecule has 2 atom stereocenters. The second-order valence-electron chi connectivity index (χ2n) is 7.57. The van der Waals surface area contributed by atoms with Crippen molar-refractivity contribution < 1.29 is 33.6 Å². The summed E-state index contributed by atoms with van der Waals surface area (Å²) in [5.74, 6) is -1.44. The minimum Gasteiger partial charge on any atom is -0.496 e. The first-order valence-corrected chi connectivity index (χ1v) is 12.0. The number of aryl methyl sites for hydroxylation is 1. The number of carbonyl (C=O) groups excluding carboxylic acids is 2. The van der Waals surface area contributed by atoms with Crippen LogP contribution in [0.2, 0.25) is 0 Å². The number of carbonyl (C=O) groups is 3. The number of anilines is 1. The maximum absolute atomic E-state index is 13.0. The van der Waals surface area contributed by atoms with Gasteiger partial charge in [-0.2, -0.15) is 9.36 Å². The van der Waals surface area contributed by atoms with Gasteiger partial charge in [0.25, 0.3) is 11.8 Å². The first-order valence-electron chi connectivity index (χ1n) is 10.2. The molecule has 2 aromatic rings. The van der Waals surface area contributed by atoms with Gasteiger partial charge in [-0.3, -0.25) is 14.5 Å². The van der Waals surface area contributed by atoms with Crippen LogP contribution >= 0.6 is 23.3 Å². The van der Waals surface area contributed by atoms with Crippen LogP contribution in [0.15, 0.2) is 34.9 Å². The minimum atomic E-state index is -1.21. The van der Waals surface area contributed by atoms with Crippen LogP contribution in [-0.4, -0.2) is 74.2 Å². The largest absolute Gasteiger partial charge is 0.496 e. The van der Waals surface area contributed by atoms with E-state index in [0.29, 0.717) is 11.3 Å². The van der Waals surface area contributed by atoms with Crippen molar-refractivity contribution in [3.63, 3.8) is 0 Å². The summed E-state index contributed by atoms with van der Waals surface area (Å²) in [6.45, 7) is 2.17. The number of pyridine rings is 1. The highest BCUT2D eigenvalue weighted by Gasteiger charge is 2.54. The summed E-state index contributed by atoms with van der Waals surface area (Å²) < 4.78 is 11.0. The summed E-state index contributed by atoms with van der Waals surface area (Å²) in [7, 11) is 2.83. The van der Waals surface area contributed by atoms with E-state index < -0.39 is 29.2 Å². The molecule has 4 rings (SSSR count). The topological polar surface area (TPSA) is 173 Å². The number of amides is 2. The highest BCUT2D eigenvalue weighted by atomic mass is 32.2. The van der Waals surface area contributed by atoms with Gasteiger partial charge in [-0.05, 0) is 6.92 Å². The lowest BCUT2D eigenvalue weighted by Crippen LogP contribution is -2.71. The second-order valence-corrected chi connectivity index (χ2v) is 9.45. The Morgan fingerprint density at radius 1 is 1.43 bits per heavy atom. The van der Waals surface area contributed by atoms with E-state index in [2.05, 4.69) is 19.8 Å². The smallest absolute Gasteiger partial charge is 0.352 e. The Balaban J connectivity index is 1.53. The Hall–Kier alpha value is -3.72. The molecule has 0 aromatic carbocycles. The van der Waals surface area contributed by atoms with Crippen LogP contribution in [0.4, 0.5) is 5.13 Å². The number of nitrogens with one attached hydrogen (secondary N) is 1. The van der Waals surface area contributed by atoms with Crippen LogP contribution in [0.1, 0.15) is 11.4 Å². The van der Waals surface area contributed by atoms with Gasteiger partial charge in [0, 0.05) is 28.9 Å². The molecule has 0 saturated carbocycles. The highest BCUT2D eigenvalue weighted by Crippen LogP contribution is 2.40. The summed E-state index contributed by atoms with van der Waals surface area (Å²) >= 11 is 2.24. The van der Waals surface area contributed by atoms with Crippen LogP contribution < -0.4 is 20.4 Å². The predicted molar refractivity (Wildman–Crippen MR) is 125 cm³/mol. The zero-order valence-corrected chi connectivity index (χ0v) is 20.6. The number of methoxy groups -OCH3 is 1. The number of oxime groups is 1. The zero-order chi connectivity index (χ0) is 25.3. The van der Waals surface area contributed by atoms with Crippen molar-refractivity contribution in [1.29, 1.82) is 0 Å². The van der Waals surface area contributed by atoms with Crippen molar-refractivity contribution in [3.8, 4) is 5.75 Å². The molecule has 184 valence electrons. The molecule has 2 aliphatic heterocycles. The summed E-state index contributed by atoms with van der Waals surface area (Å²) in [5, 5.41) is 15.7. The number of nitrogen functional groups attached to an aromatic ring is 1. The quantitative estimate of drug-likeness (QED) is 0.178. The lowest BCUT2D eigenvalue weighted by Gasteiger charge is -2.49. The molecular weight excluding hydrogens is 498 g/mol. The van der Waals surface area contributed by atoms with E-state index in [1.165, 1.54) is 23.8 Å². The first-order chi connectivity index (χ1) is 16.7. The maximum Gasteiger partial charge on any atom is 0.352 e. The van der Waals surface area contributed by atoms with E-state index in [1.54, 1.807) is 19.4 Å². The van der Waals surface area contributed by atoms with E-state index >= 15 is 0 Å². The number of carboxylic acid groups (broad SMARTS) is 1. The number of nitrogens with two attached hydrogens (primary N) is 1. The van der Waals surface area contributed by atoms with Crippen molar-refractivity contribution in [2.45, 2.75) is 24.9 Å². The van der Waals surface area contributed by atoms with Crippen LogP contribution in [0.25, 0.3) is 0 Å². The van der Waals surface area contributed by atoms with Crippen LogP contribution in [-0.2, 0) is 25.8 Å². The van der Waals surface area contributed by atoms with Gasteiger partial charge in [-0.25, -0.2) is 9.36 Å². The Bertz CT molecular complexity index is 1260. The normalized spacial score (nSPS) is 19.7. The molecule has 0 spiro atoms. The fourth-order valence-electron chi connectivity index (χ4n) is 3.82. The fourth-order valence-corrected chi connectivity index (χ4v) is 5.59. The van der Waals surface area contributed by atoms with Crippen molar-refractivity contribution in [3.05, 3.63) is 41.1 Å². The molecular formula is C20H22N7O6S2+. The molecule has 0 aliphatic carbocycles. The van der Waals surface area contributed by atoms with Crippen molar-refractivity contribution in [2.75, 3.05) is 25.7 Å². The molecule has 15 heteroatoms. The van der Waals surface area contributed by atoms with Crippen LogP contribution in [0, 0.1) is 6.92 Å². The molecule has 0 bridgehead atoms. The Kier molecular flexibility index (Phi) is 6.88. The average molecular weight is 521 g/mol. The van der Waals surface area contributed by atoms with Crippen molar-refractivity contribution in [2.24, 2.45) is 5.16 Å². The SMILES string of the molecule is CON=C(C(=O)NC1C(=O)N2C(C(=O)O)=C(C[n+]3ccc(OC)c(C)c3)CS[C@H]12)c1nsc(N)n1. The maximum atomic E-state index is 13.0. The number of thioether (sulfide) groups is 1. The van der Waals surface area contributed by atoms with Crippen LogP contribution in [0.5, 0.6) is 5.75 Å². The lowest BCUT2D eigenvalue weighted by molar-refractivity contribution is -0.689. The van der Waals surface area contributed by atoms with Gasteiger partial charge in [-0.15, -0.1) is 11.8 Å². The number of aliphatic carboxylic acids is 1. The van der Waals surface area contributed by atoms with E-state index in [-0.39, 0.29) is 28.9 Å². The van der Waals surface area contributed by atoms with E-state index in [1.807, 2.05) is 17.7 Å². The number of β-lactam (4-membered cyclic amide) rings is 1. The van der Waals surface area contributed by atoms with Gasteiger partial charge < -0.3 is 25.7 Å². The number of fused-ring (bicyclic) bond motifs is 1. The number of carboxylic acids is 1. The monoisotopic (exact) mass is 520 g/mol. The van der Waals surface area contributed by atoms with Crippen molar-refractivity contribution in [1.82, 2.24) is 19.6 Å². The number of hydrogen-bond acceptors (Lipinski definition) is 11. The fraction of sp³-hybridized carbons (Fsp3) is 0.350. The third kappa shape index (κ3) is 4.64. The van der Waals surface area contributed by atoms with E-state index in [4.69, 9.17) is 15.3 Å². The van der Waals surface area contributed by atoms with E-state index in [0.717, 1.165) is 22.8 Å². The molecule has 1 saturated heterocycles. The van der Waals surface area contributed by atoms with Gasteiger partial charge in [-0.1, -0.05) is 5.16 Å². The number of ether oxygens (including phenoxy) is 1. The number of rotatable bonds is 8. The molecule has 1 fully saturated rings. The molecule has 2 amide bonds. The van der Waals surface area contributed by atoms with Gasteiger partial charge >= 0.3 is 5.97 Å². The Morgan fingerprint density at radius 3 is 2.80 bits per heavy atom. The average Bonchev–Trinajstić information content (AvgIpc) is 3.26. The molecule has 35 heavy (non-hydrogen) atoms. The second kappa shape index (κ2) is 9.87. The first kappa shape index (κ1) is 24.4. The summed E-state index contributed by atoms with van der Waals surface area (Å²) in [6.07, 6.45) is 3.63. The third-order valence-corrected chi connectivity index (χ3v) is 7.23. The summed E-state index contributed by atoms with van der Waals surface area (Å²) in [4.78, 5) is 47.7. The van der Waals surface area contributed by atoms with Gasteiger partial charge in [0.15, 0.2) is 24.1 Å². The number of nitrogens with zero attached hydrogens (tertiary/aromatic N) is 5. The third-order valence-electron chi connectivity index (χ3n) is 5.35. The van der Waals surface area contributed by atoms with Crippen LogP contribution in [0.3, 0.4) is 0 Å². The molecule has 1 unspecified atom stereocenters. The molecule has 2 aliphatic rings. The minimum absolute atomic E-state index is 0.0352. The molecule has 4 heterocycles. The Morgan fingerprint density at radius 2 is 2.20 bits per heavy atom. The predicted octanol–water partition coefficient (Wildman–Crippen LogP) is -0.486. The lowest BCUT2D eigenvalue weighted by atomic mass is 10.0. The number of hydrogen-bond donors (Lipinski definition) is 3. The number of aromatic nitrogens is 3.